The van der Waals surface area contributed by atoms with Crippen LogP contribution in [0.25, 0.3) is 0 Å². The second-order valence-corrected chi connectivity index (χ2v) is 5.85. The molecule has 0 spiro atoms. The molecule has 0 atom stereocenters. The van der Waals surface area contributed by atoms with Gasteiger partial charge in [0.05, 0.1) is 10.5 Å². The molecule has 0 unspecified atom stereocenters. The summed E-state index contributed by atoms with van der Waals surface area (Å²) in [5, 5.41) is 8.72. The SMILES string of the molecule is Cc1cccc(S(=O)(=O)c2ccc(C(=O)O)cc2)n1. The van der Waals surface area contributed by atoms with Crippen molar-refractivity contribution in [1.82, 2.24) is 4.98 Å². The molecule has 98 valence electrons. The van der Waals surface area contributed by atoms with E-state index in [1.807, 2.05) is 0 Å². The average Bonchev–Trinajstić information content (AvgIpc) is 2.39. The normalized spacial score (nSPS) is 11.2. The maximum atomic E-state index is 12.3. The van der Waals surface area contributed by atoms with Crippen LogP contribution in [0.2, 0.25) is 0 Å². The third-order valence-corrected chi connectivity index (χ3v) is 4.22. The summed E-state index contributed by atoms with van der Waals surface area (Å²) < 4.78 is 24.5. The lowest BCUT2D eigenvalue weighted by Crippen LogP contribution is -2.06. The van der Waals surface area contributed by atoms with Gasteiger partial charge in [-0.15, -0.1) is 0 Å². The number of carboxylic acids is 1. The molecule has 2 rings (SSSR count). The first-order valence-electron chi connectivity index (χ1n) is 5.43. The molecule has 0 bridgehead atoms. The van der Waals surface area contributed by atoms with Gasteiger partial charge >= 0.3 is 5.97 Å². The van der Waals surface area contributed by atoms with Crippen LogP contribution in [0.3, 0.4) is 0 Å². The first-order valence-corrected chi connectivity index (χ1v) is 6.92. The van der Waals surface area contributed by atoms with E-state index in [0.29, 0.717) is 5.69 Å². The molecule has 0 aliphatic carbocycles. The van der Waals surface area contributed by atoms with Crippen LogP contribution in [0.4, 0.5) is 0 Å². The van der Waals surface area contributed by atoms with Gasteiger partial charge in [-0.05, 0) is 43.3 Å². The Labute approximate surface area is 110 Å². The highest BCUT2D eigenvalue weighted by Crippen LogP contribution is 2.19. The van der Waals surface area contributed by atoms with Crippen molar-refractivity contribution >= 4 is 15.8 Å². The van der Waals surface area contributed by atoms with Crippen LogP contribution in [0.1, 0.15) is 16.1 Å². The standard InChI is InChI=1S/C13H11NO4S/c1-9-3-2-4-12(14-9)19(17,18)11-7-5-10(6-8-11)13(15)16/h2-8H,1H3,(H,15,16). The molecular formula is C13H11NO4S. The maximum absolute atomic E-state index is 12.3. The molecule has 0 radical (unpaired) electrons. The van der Waals surface area contributed by atoms with E-state index in [1.54, 1.807) is 19.1 Å². The Balaban J connectivity index is 2.48. The van der Waals surface area contributed by atoms with Gasteiger partial charge in [0, 0.05) is 5.69 Å². The molecule has 0 amide bonds. The molecule has 19 heavy (non-hydrogen) atoms. The topological polar surface area (TPSA) is 84.3 Å². The largest absolute Gasteiger partial charge is 0.478 e. The molecule has 0 aliphatic rings. The Morgan fingerprint density at radius 1 is 1.11 bits per heavy atom. The van der Waals surface area contributed by atoms with Gasteiger partial charge in [0.1, 0.15) is 0 Å². The van der Waals surface area contributed by atoms with Crippen molar-refractivity contribution in [3.05, 3.63) is 53.7 Å². The number of sulfone groups is 1. The molecule has 2 aromatic rings. The second kappa shape index (κ2) is 4.81. The molecule has 1 aromatic heterocycles. The first-order chi connectivity index (χ1) is 8.91. The Bertz CT molecular complexity index is 721. The van der Waals surface area contributed by atoms with Gasteiger partial charge in [-0.3, -0.25) is 0 Å². The zero-order chi connectivity index (χ0) is 14.0. The van der Waals surface area contributed by atoms with Crippen molar-refractivity contribution in [3.63, 3.8) is 0 Å². The van der Waals surface area contributed by atoms with E-state index in [-0.39, 0.29) is 15.5 Å². The third kappa shape index (κ3) is 2.63. The molecule has 0 saturated carbocycles. The van der Waals surface area contributed by atoms with Crippen LogP contribution >= 0.6 is 0 Å². The number of carbonyl (C=O) groups is 1. The molecule has 5 nitrogen and oxygen atoms in total. The molecule has 0 saturated heterocycles. The summed E-state index contributed by atoms with van der Waals surface area (Å²) in [6, 6.07) is 9.77. The Morgan fingerprint density at radius 2 is 1.74 bits per heavy atom. The lowest BCUT2D eigenvalue weighted by Gasteiger charge is -2.04. The highest BCUT2D eigenvalue weighted by Gasteiger charge is 2.19. The van der Waals surface area contributed by atoms with Gasteiger partial charge in [-0.2, -0.15) is 0 Å². The predicted octanol–water partition coefficient (Wildman–Crippen LogP) is 1.92. The van der Waals surface area contributed by atoms with Crippen molar-refractivity contribution in [1.29, 1.82) is 0 Å². The number of hydrogen-bond acceptors (Lipinski definition) is 4. The highest BCUT2D eigenvalue weighted by atomic mass is 32.2. The summed E-state index contributed by atoms with van der Waals surface area (Å²) in [7, 11) is -3.71. The van der Waals surface area contributed by atoms with Gasteiger partial charge in [0.2, 0.25) is 9.84 Å². The van der Waals surface area contributed by atoms with E-state index in [1.165, 1.54) is 30.3 Å². The summed E-state index contributed by atoms with van der Waals surface area (Å²) in [5.41, 5.74) is 0.638. The maximum Gasteiger partial charge on any atom is 0.335 e. The number of benzene rings is 1. The van der Waals surface area contributed by atoms with Crippen LogP contribution in [0, 0.1) is 6.92 Å². The number of aryl methyl sites for hydroxylation is 1. The Kier molecular flexibility index (Phi) is 3.35. The molecule has 1 N–H and O–H groups in total. The summed E-state index contributed by atoms with van der Waals surface area (Å²) in [6.45, 7) is 1.70. The Morgan fingerprint density at radius 3 is 2.26 bits per heavy atom. The fraction of sp³-hybridized carbons (Fsp3) is 0.0769. The number of hydrogen-bond donors (Lipinski definition) is 1. The summed E-state index contributed by atoms with van der Waals surface area (Å²) in [6.07, 6.45) is 0. The minimum atomic E-state index is -3.71. The fourth-order valence-corrected chi connectivity index (χ4v) is 2.82. The molecule has 6 heteroatoms. The van der Waals surface area contributed by atoms with Crippen LogP contribution in [-0.2, 0) is 9.84 Å². The lowest BCUT2D eigenvalue weighted by atomic mass is 10.2. The van der Waals surface area contributed by atoms with E-state index >= 15 is 0 Å². The molecule has 0 fully saturated rings. The van der Waals surface area contributed by atoms with Crippen LogP contribution in [-0.4, -0.2) is 24.5 Å². The van der Waals surface area contributed by atoms with Gasteiger partial charge in [-0.1, -0.05) is 6.07 Å². The molecule has 1 aromatic carbocycles. The molecule has 0 aliphatic heterocycles. The lowest BCUT2D eigenvalue weighted by molar-refractivity contribution is 0.0697. The summed E-state index contributed by atoms with van der Waals surface area (Å²) in [5.74, 6) is -1.10. The van der Waals surface area contributed by atoms with Gasteiger partial charge in [0.25, 0.3) is 0 Å². The van der Waals surface area contributed by atoms with E-state index in [4.69, 9.17) is 5.11 Å². The van der Waals surface area contributed by atoms with Crippen molar-refractivity contribution in [3.8, 4) is 0 Å². The minimum Gasteiger partial charge on any atom is -0.478 e. The van der Waals surface area contributed by atoms with Gasteiger partial charge in [-0.25, -0.2) is 18.2 Å². The van der Waals surface area contributed by atoms with Gasteiger partial charge in [0.15, 0.2) is 5.03 Å². The predicted molar refractivity (Wildman–Crippen MR) is 67.8 cm³/mol. The summed E-state index contributed by atoms with van der Waals surface area (Å²) in [4.78, 5) is 14.7. The van der Waals surface area contributed by atoms with Crippen molar-refractivity contribution < 1.29 is 18.3 Å². The number of rotatable bonds is 3. The van der Waals surface area contributed by atoms with Crippen LogP contribution in [0.15, 0.2) is 52.4 Å². The number of pyridine rings is 1. The second-order valence-electron chi connectivity index (χ2n) is 3.95. The minimum absolute atomic E-state index is 0.0237. The van der Waals surface area contributed by atoms with Crippen molar-refractivity contribution in [2.75, 3.05) is 0 Å². The van der Waals surface area contributed by atoms with E-state index in [2.05, 4.69) is 4.98 Å². The molecule has 1 heterocycles. The average molecular weight is 277 g/mol. The van der Waals surface area contributed by atoms with E-state index in [9.17, 15) is 13.2 Å². The highest BCUT2D eigenvalue weighted by molar-refractivity contribution is 7.91. The number of aromatic nitrogens is 1. The first kappa shape index (κ1) is 13.2. The molecular weight excluding hydrogens is 266 g/mol. The van der Waals surface area contributed by atoms with Crippen molar-refractivity contribution in [2.24, 2.45) is 0 Å². The number of nitrogens with zero attached hydrogens (tertiary/aromatic N) is 1. The monoisotopic (exact) mass is 277 g/mol. The third-order valence-electron chi connectivity index (χ3n) is 2.55. The van der Waals surface area contributed by atoms with E-state index in [0.717, 1.165) is 0 Å². The summed E-state index contributed by atoms with van der Waals surface area (Å²) >= 11 is 0. The van der Waals surface area contributed by atoms with Crippen molar-refractivity contribution in [2.45, 2.75) is 16.8 Å². The smallest absolute Gasteiger partial charge is 0.335 e. The van der Waals surface area contributed by atoms with Gasteiger partial charge < -0.3 is 5.11 Å². The number of carboxylic acid groups (broad SMARTS) is 1. The zero-order valence-corrected chi connectivity index (χ0v) is 10.9. The van der Waals surface area contributed by atoms with Crippen LogP contribution in [0.5, 0.6) is 0 Å². The fourth-order valence-electron chi connectivity index (χ4n) is 1.57. The Hall–Kier alpha value is -2.21. The number of aromatic carboxylic acids is 1. The van der Waals surface area contributed by atoms with Crippen LogP contribution < -0.4 is 0 Å². The zero-order valence-electron chi connectivity index (χ0n) is 10.1. The quantitative estimate of drug-likeness (QED) is 0.926. The van der Waals surface area contributed by atoms with E-state index < -0.39 is 15.8 Å².